The highest BCUT2D eigenvalue weighted by Gasteiger charge is 2.12. The molecule has 0 aromatic carbocycles. The molecule has 0 atom stereocenters. The third kappa shape index (κ3) is 5.23. The largest absolute Gasteiger partial charge is 0.379 e. The van der Waals surface area contributed by atoms with Gasteiger partial charge in [-0.25, -0.2) is 4.98 Å². The number of pyridine rings is 1. The first-order chi connectivity index (χ1) is 10.7. The number of anilines is 1. The Kier molecular flexibility index (Phi) is 7.08. The van der Waals surface area contributed by atoms with Gasteiger partial charge in [0.05, 0.1) is 13.2 Å². The van der Waals surface area contributed by atoms with Crippen LogP contribution < -0.4 is 5.32 Å². The van der Waals surface area contributed by atoms with Gasteiger partial charge in [-0.2, -0.15) is 0 Å². The van der Waals surface area contributed by atoms with Crippen molar-refractivity contribution in [1.82, 2.24) is 14.8 Å². The number of halogens is 1. The highest BCUT2D eigenvalue weighted by molar-refractivity contribution is 9.10. The Morgan fingerprint density at radius 1 is 1.50 bits per heavy atom. The van der Waals surface area contributed by atoms with E-state index < -0.39 is 0 Å². The van der Waals surface area contributed by atoms with E-state index in [-0.39, 0.29) is 0 Å². The molecule has 0 bridgehead atoms. The van der Waals surface area contributed by atoms with Crippen LogP contribution in [0.25, 0.3) is 0 Å². The monoisotopic (exact) mass is 370 g/mol. The molecular weight excluding hydrogens is 348 g/mol. The number of carbonyl (C=O) groups is 1. The van der Waals surface area contributed by atoms with Crippen LogP contribution in [0.1, 0.15) is 12.0 Å². The molecule has 1 aromatic rings. The number of amides is 1. The summed E-state index contributed by atoms with van der Waals surface area (Å²) in [5, 5.41) is 3.06. The fourth-order valence-electron chi connectivity index (χ4n) is 2.54. The van der Waals surface area contributed by atoms with Crippen LogP contribution in [-0.4, -0.2) is 67.6 Å². The summed E-state index contributed by atoms with van der Waals surface area (Å²) in [7, 11) is 1.84. The van der Waals surface area contributed by atoms with Crippen LogP contribution in [0.15, 0.2) is 16.7 Å². The maximum atomic E-state index is 11.3. The highest BCUT2D eigenvalue weighted by atomic mass is 79.9. The summed E-state index contributed by atoms with van der Waals surface area (Å²) in [6.07, 6.45) is 3.63. The van der Waals surface area contributed by atoms with E-state index in [9.17, 15) is 4.79 Å². The molecule has 0 radical (unpaired) electrons. The average molecular weight is 371 g/mol. The van der Waals surface area contributed by atoms with Crippen molar-refractivity contribution in [2.75, 3.05) is 51.8 Å². The van der Waals surface area contributed by atoms with E-state index in [0.29, 0.717) is 6.54 Å². The number of carbonyl (C=O) groups excluding carboxylic acids is 1. The second-order valence-electron chi connectivity index (χ2n) is 5.29. The number of aromatic nitrogens is 1. The predicted molar refractivity (Wildman–Crippen MR) is 89.8 cm³/mol. The minimum absolute atomic E-state index is 0.565. The van der Waals surface area contributed by atoms with Crippen molar-refractivity contribution in [1.29, 1.82) is 0 Å². The molecule has 0 spiro atoms. The third-order valence-electron chi connectivity index (χ3n) is 3.72. The lowest BCUT2D eigenvalue weighted by molar-refractivity contribution is -0.118. The van der Waals surface area contributed by atoms with Crippen LogP contribution in [-0.2, 0) is 16.1 Å². The summed E-state index contributed by atoms with van der Waals surface area (Å²) in [6.45, 7) is 5.91. The number of hydrogen-bond donors (Lipinski definition) is 1. The van der Waals surface area contributed by atoms with Crippen molar-refractivity contribution in [3.05, 3.63) is 22.3 Å². The van der Waals surface area contributed by atoms with Gasteiger partial charge >= 0.3 is 0 Å². The van der Waals surface area contributed by atoms with Crippen molar-refractivity contribution in [2.45, 2.75) is 13.0 Å². The molecule has 0 unspecified atom stereocenters. The van der Waals surface area contributed by atoms with Crippen molar-refractivity contribution in [2.24, 2.45) is 0 Å². The van der Waals surface area contributed by atoms with E-state index >= 15 is 0 Å². The van der Waals surface area contributed by atoms with E-state index in [1.165, 1.54) is 0 Å². The molecule has 122 valence electrons. The standard InChI is InChI=1S/C15H23BrN4O2/c1-17-15-13(9-14(16)10-18-15)11-20(12-21)4-2-3-19-5-7-22-8-6-19/h9-10,12H,2-8,11H2,1H3,(H,17,18). The molecule has 1 fully saturated rings. The molecule has 1 amide bonds. The Morgan fingerprint density at radius 3 is 2.95 bits per heavy atom. The summed E-state index contributed by atoms with van der Waals surface area (Å²) in [6, 6.07) is 2.00. The molecular formula is C15H23BrN4O2. The van der Waals surface area contributed by atoms with Gasteiger partial charge in [-0.15, -0.1) is 0 Å². The van der Waals surface area contributed by atoms with Crippen molar-refractivity contribution in [3.63, 3.8) is 0 Å². The smallest absolute Gasteiger partial charge is 0.210 e. The molecule has 22 heavy (non-hydrogen) atoms. The van der Waals surface area contributed by atoms with Gasteiger partial charge in [0.25, 0.3) is 0 Å². The fourth-order valence-corrected chi connectivity index (χ4v) is 2.92. The zero-order chi connectivity index (χ0) is 15.8. The predicted octanol–water partition coefficient (Wildman–Crippen LogP) is 1.57. The third-order valence-corrected chi connectivity index (χ3v) is 4.15. The zero-order valence-corrected chi connectivity index (χ0v) is 14.5. The highest BCUT2D eigenvalue weighted by Crippen LogP contribution is 2.19. The number of hydrogen-bond acceptors (Lipinski definition) is 5. The molecule has 1 saturated heterocycles. The van der Waals surface area contributed by atoms with E-state index in [4.69, 9.17) is 4.74 Å². The Hall–Kier alpha value is -1.18. The molecule has 7 heteroatoms. The van der Waals surface area contributed by atoms with E-state index in [1.54, 1.807) is 11.1 Å². The second kappa shape index (κ2) is 9.07. The van der Waals surface area contributed by atoms with Crippen LogP contribution in [0.3, 0.4) is 0 Å². The first-order valence-corrected chi connectivity index (χ1v) is 8.34. The molecule has 2 rings (SSSR count). The van der Waals surface area contributed by atoms with E-state index in [1.807, 2.05) is 13.1 Å². The quantitative estimate of drug-likeness (QED) is 0.703. The number of rotatable bonds is 8. The van der Waals surface area contributed by atoms with Crippen molar-refractivity contribution < 1.29 is 9.53 Å². The second-order valence-corrected chi connectivity index (χ2v) is 6.21. The molecule has 2 heterocycles. The summed E-state index contributed by atoms with van der Waals surface area (Å²) in [5.41, 5.74) is 1.01. The number of nitrogens with one attached hydrogen (secondary N) is 1. The van der Waals surface area contributed by atoms with Crippen molar-refractivity contribution in [3.8, 4) is 0 Å². The molecule has 1 aliphatic heterocycles. The van der Waals surface area contributed by atoms with Gasteiger partial charge in [0.15, 0.2) is 0 Å². The van der Waals surface area contributed by atoms with Crippen LogP contribution >= 0.6 is 15.9 Å². The average Bonchev–Trinajstić information content (AvgIpc) is 2.55. The first-order valence-electron chi connectivity index (χ1n) is 7.54. The normalized spacial score (nSPS) is 15.5. The SMILES string of the molecule is CNc1ncc(Br)cc1CN(C=O)CCCN1CCOCC1. The molecule has 0 aliphatic carbocycles. The fraction of sp³-hybridized carbons (Fsp3) is 0.600. The topological polar surface area (TPSA) is 57.7 Å². The first kappa shape index (κ1) is 17.2. The Bertz CT molecular complexity index is 481. The van der Waals surface area contributed by atoms with Gasteiger partial charge in [0, 0.05) is 56.0 Å². The van der Waals surface area contributed by atoms with Gasteiger partial charge in [-0.3, -0.25) is 9.69 Å². The van der Waals surface area contributed by atoms with Gasteiger partial charge < -0.3 is 15.0 Å². The summed E-state index contributed by atoms with van der Waals surface area (Å²) in [5.74, 6) is 0.809. The number of ether oxygens (including phenoxy) is 1. The van der Waals surface area contributed by atoms with Crippen LogP contribution in [0.4, 0.5) is 5.82 Å². The van der Waals surface area contributed by atoms with Crippen LogP contribution in [0.2, 0.25) is 0 Å². The molecule has 1 aromatic heterocycles. The van der Waals surface area contributed by atoms with Gasteiger partial charge in [0.2, 0.25) is 6.41 Å². The maximum Gasteiger partial charge on any atom is 0.210 e. The van der Waals surface area contributed by atoms with Crippen LogP contribution in [0.5, 0.6) is 0 Å². The zero-order valence-electron chi connectivity index (χ0n) is 12.9. The molecule has 1 aliphatic rings. The summed E-state index contributed by atoms with van der Waals surface area (Å²) >= 11 is 3.43. The summed E-state index contributed by atoms with van der Waals surface area (Å²) < 4.78 is 6.25. The minimum Gasteiger partial charge on any atom is -0.379 e. The molecule has 0 saturated carbocycles. The number of nitrogens with zero attached hydrogens (tertiary/aromatic N) is 3. The Labute approximate surface area is 140 Å². The number of morpholine rings is 1. The van der Waals surface area contributed by atoms with E-state index in [2.05, 4.69) is 31.1 Å². The van der Waals surface area contributed by atoms with Gasteiger partial charge in [-0.05, 0) is 28.4 Å². The maximum absolute atomic E-state index is 11.3. The van der Waals surface area contributed by atoms with Gasteiger partial charge in [0.1, 0.15) is 5.82 Å². The lowest BCUT2D eigenvalue weighted by Crippen LogP contribution is -2.38. The van der Waals surface area contributed by atoms with Crippen LogP contribution in [0, 0.1) is 0 Å². The minimum atomic E-state index is 0.565. The van der Waals surface area contributed by atoms with E-state index in [0.717, 1.165) is 68.1 Å². The van der Waals surface area contributed by atoms with Crippen molar-refractivity contribution >= 4 is 28.2 Å². The Morgan fingerprint density at radius 2 is 2.27 bits per heavy atom. The molecule has 6 nitrogen and oxygen atoms in total. The lowest BCUT2D eigenvalue weighted by Gasteiger charge is -2.27. The lowest BCUT2D eigenvalue weighted by atomic mass is 10.2. The Balaban J connectivity index is 1.83. The molecule has 1 N–H and O–H groups in total. The summed E-state index contributed by atoms with van der Waals surface area (Å²) in [4.78, 5) is 19.8. The van der Waals surface area contributed by atoms with Gasteiger partial charge in [-0.1, -0.05) is 0 Å².